The summed E-state index contributed by atoms with van der Waals surface area (Å²) in [5.74, 6) is 0.0452. The number of rotatable bonds is 7. The fourth-order valence-corrected chi connectivity index (χ4v) is 4.74. The van der Waals surface area contributed by atoms with Gasteiger partial charge in [-0.1, -0.05) is 28.9 Å². The van der Waals surface area contributed by atoms with Crippen LogP contribution in [0.2, 0.25) is 5.02 Å². The van der Waals surface area contributed by atoms with E-state index in [2.05, 4.69) is 24.7 Å². The Bertz CT molecular complexity index is 1600. The Morgan fingerprint density at radius 3 is 2.49 bits per heavy atom. The van der Waals surface area contributed by atoms with Gasteiger partial charge in [-0.15, -0.1) is 0 Å². The molecule has 2 aromatic carbocycles. The van der Waals surface area contributed by atoms with Crippen molar-refractivity contribution in [3.05, 3.63) is 77.6 Å². The van der Waals surface area contributed by atoms with Gasteiger partial charge in [0.1, 0.15) is 22.7 Å². The van der Waals surface area contributed by atoms with Crippen molar-refractivity contribution in [3.63, 3.8) is 0 Å². The van der Waals surface area contributed by atoms with Crippen molar-refractivity contribution in [1.29, 1.82) is 0 Å². The molecule has 2 amide bonds. The van der Waals surface area contributed by atoms with Gasteiger partial charge in [0.15, 0.2) is 5.82 Å². The number of hydrogen-bond donors (Lipinski definition) is 2. The highest BCUT2D eigenvalue weighted by Gasteiger charge is 2.31. The highest BCUT2D eigenvalue weighted by atomic mass is 35.5. The van der Waals surface area contributed by atoms with Crippen LogP contribution < -0.4 is 19.7 Å². The molecule has 0 fully saturated rings. The minimum absolute atomic E-state index is 0.00378. The summed E-state index contributed by atoms with van der Waals surface area (Å²) in [5.41, 5.74) is -0.350. The van der Waals surface area contributed by atoms with Crippen molar-refractivity contribution < 1.29 is 35.6 Å². The summed E-state index contributed by atoms with van der Waals surface area (Å²) in [5, 5.41) is 5.97. The van der Waals surface area contributed by atoms with Gasteiger partial charge in [0.05, 0.1) is 23.4 Å². The second-order valence-electron chi connectivity index (χ2n) is 7.82. The van der Waals surface area contributed by atoms with Crippen LogP contribution >= 0.6 is 11.6 Å². The molecule has 4 rings (SSSR count). The van der Waals surface area contributed by atoms with Crippen LogP contribution in [0.25, 0.3) is 11.1 Å². The smallest absolute Gasteiger partial charge is 0.416 e. The molecule has 0 spiro atoms. The molecule has 10 nitrogen and oxygen atoms in total. The quantitative estimate of drug-likeness (QED) is 0.287. The molecule has 0 aliphatic rings. The van der Waals surface area contributed by atoms with Gasteiger partial charge >= 0.3 is 12.2 Å². The molecule has 0 aliphatic heterocycles. The van der Waals surface area contributed by atoms with E-state index in [9.17, 15) is 26.4 Å². The van der Waals surface area contributed by atoms with Crippen molar-refractivity contribution in [2.75, 3.05) is 23.8 Å². The van der Waals surface area contributed by atoms with E-state index in [0.717, 1.165) is 23.2 Å². The van der Waals surface area contributed by atoms with Gasteiger partial charge in [-0.2, -0.15) is 13.2 Å². The Labute approximate surface area is 225 Å². The maximum absolute atomic E-state index is 13.2. The van der Waals surface area contributed by atoms with E-state index in [1.165, 1.54) is 62.9 Å². The second-order valence-corrected chi connectivity index (χ2v) is 9.90. The normalized spacial score (nSPS) is 11.6. The maximum Gasteiger partial charge on any atom is 0.416 e. The number of sulfonamides is 1. The van der Waals surface area contributed by atoms with E-state index >= 15 is 0 Å². The number of nitrogens with zero attached hydrogens (tertiary/aromatic N) is 3. The fraction of sp³-hybridized carbons (Fsp3) is 0.125. The standard InChI is InChI=1S/C24H19ClF3N5O5S/c1-29-23(34)33(22-7-6-16(13-30-22)39(35,36)32-21-8-9-38-31-21)19-12-18(25)17(11-20(19)37-2)14-4-3-5-15(10-14)24(26,27)28/h3-13H,1-2H3,(H,29,34)(H,31,32). The fourth-order valence-electron chi connectivity index (χ4n) is 3.54. The molecule has 39 heavy (non-hydrogen) atoms. The van der Waals surface area contributed by atoms with E-state index in [1.807, 2.05) is 0 Å². The van der Waals surface area contributed by atoms with Crippen molar-refractivity contribution in [2.24, 2.45) is 0 Å². The van der Waals surface area contributed by atoms with Crippen LogP contribution in [0.5, 0.6) is 5.75 Å². The molecule has 0 aliphatic carbocycles. The molecule has 0 atom stereocenters. The molecule has 0 saturated heterocycles. The van der Waals surface area contributed by atoms with Crippen molar-refractivity contribution in [1.82, 2.24) is 15.5 Å². The monoisotopic (exact) mass is 581 g/mol. The first-order valence-electron chi connectivity index (χ1n) is 10.9. The number of urea groups is 1. The number of carbonyl (C=O) groups is 1. The number of alkyl halides is 3. The molecule has 204 valence electrons. The first kappa shape index (κ1) is 27.7. The lowest BCUT2D eigenvalue weighted by atomic mass is 10.0. The Hall–Kier alpha value is -4.30. The predicted molar refractivity (Wildman–Crippen MR) is 137 cm³/mol. The zero-order chi connectivity index (χ0) is 28.4. The lowest BCUT2D eigenvalue weighted by molar-refractivity contribution is -0.137. The number of halogens is 4. The van der Waals surface area contributed by atoms with Gasteiger partial charge in [0.2, 0.25) is 0 Å². The summed E-state index contributed by atoms with van der Waals surface area (Å²) in [6.07, 6.45) is -2.34. The van der Waals surface area contributed by atoms with E-state index in [4.69, 9.17) is 16.3 Å². The van der Waals surface area contributed by atoms with E-state index in [0.29, 0.717) is 0 Å². The van der Waals surface area contributed by atoms with Crippen LogP contribution in [0.3, 0.4) is 0 Å². The van der Waals surface area contributed by atoms with Crippen LogP contribution in [-0.2, 0) is 16.2 Å². The molecule has 2 N–H and O–H groups in total. The van der Waals surface area contributed by atoms with Crippen LogP contribution in [-0.4, -0.2) is 38.7 Å². The number of benzene rings is 2. The molecule has 15 heteroatoms. The summed E-state index contributed by atoms with van der Waals surface area (Å²) >= 11 is 6.47. The minimum Gasteiger partial charge on any atom is -0.495 e. The Morgan fingerprint density at radius 1 is 1.13 bits per heavy atom. The first-order chi connectivity index (χ1) is 18.4. The maximum atomic E-state index is 13.2. The third-order valence-corrected chi connectivity index (χ3v) is 7.02. The van der Waals surface area contributed by atoms with Gasteiger partial charge in [-0.25, -0.2) is 23.1 Å². The van der Waals surface area contributed by atoms with Crippen molar-refractivity contribution in [2.45, 2.75) is 11.1 Å². The lowest BCUT2D eigenvalue weighted by Crippen LogP contribution is -2.35. The Morgan fingerprint density at radius 2 is 1.90 bits per heavy atom. The number of aromatic nitrogens is 2. The number of amides is 2. The Kier molecular flexibility index (Phi) is 7.70. The molecule has 0 radical (unpaired) electrons. The topological polar surface area (TPSA) is 127 Å². The summed E-state index contributed by atoms with van der Waals surface area (Å²) in [4.78, 5) is 17.9. The average Bonchev–Trinajstić information content (AvgIpc) is 3.41. The number of hydrogen-bond acceptors (Lipinski definition) is 7. The number of pyridine rings is 1. The van der Waals surface area contributed by atoms with Crippen molar-refractivity contribution in [3.8, 4) is 16.9 Å². The van der Waals surface area contributed by atoms with E-state index in [1.54, 1.807) is 0 Å². The second kappa shape index (κ2) is 10.8. The van der Waals surface area contributed by atoms with Gasteiger partial charge < -0.3 is 14.6 Å². The molecule has 0 unspecified atom stereocenters. The van der Waals surface area contributed by atoms with Gasteiger partial charge in [0, 0.05) is 24.9 Å². The van der Waals surface area contributed by atoms with Gasteiger partial charge in [0.25, 0.3) is 10.0 Å². The van der Waals surface area contributed by atoms with Crippen LogP contribution in [0.15, 0.2) is 76.5 Å². The zero-order valence-electron chi connectivity index (χ0n) is 20.2. The van der Waals surface area contributed by atoms with Crippen LogP contribution in [0.4, 0.5) is 35.3 Å². The van der Waals surface area contributed by atoms with E-state index < -0.39 is 27.8 Å². The van der Waals surface area contributed by atoms with Gasteiger partial charge in [-0.3, -0.25) is 4.72 Å². The zero-order valence-corrected chi connectivity index (χ0v) is 21.7. The van der Waals surface area contributed by atoms with Crippen molar-refractivity contribution >= 4 is 45.0 Å². The number of nitrogens with one attached hydrogen (secondary N) is 2. The third kappa shape index (κ3) is 5.91. The molecule has 0 bridgehead atoms. The largest absolute Gasteiger partial charge is 0.495 e. The van der Waals surface area contributed by atoms with E-state index in [-0.39, 0.29) is 44.1 Å². The summed E-state index contributed by atoms with van der Waals surface area (Å²) < 4.78 is 77.2. The number of ether oxygens (including phenoxy) is 1. The highest BCUT2D eigenvalue weighted by molar-refractivity contribution is 7.92. The molecular weight excluding hydrogens is 563 g/mol. The Balaban J connectivity index is 1.75. The van der Waals surface area contributed by atoms with Crippen LogP contribution in [0.1, 0.15) is 5.56 Å². The third-order valence-electron chi connectivity index (χ3n) is 5.36. The molecule has 2 aromatic heterocycles. The predicted octanol–water partition coefficient (Wildman–Crippen LogP) is 5.70. The van der Waals surface area contributed by atoms with Crippen LogP contribution in [0, 0.1) is 0 Å². The number of anilines is 3. The average molecular weight is 582 g/mol. The molecule has 0 saturated carbocycles. The number of methoxy groups -OCH3 is 1. The van der Waals surface area contributed by atoms with Gasteiger partial charge in [-0.05, 0) is 42.0 Å². The first-order valence-corrected chi connectivity index (χ1v) is 12.8. The number of carbonyl (C=O) groups excluding carboxylic acids is 1. The highest BCUT2D eigenvalue weighted by Crippen LogP contribution is 2.42. The summed E-state index contributed by atoms with van der Waals surface area (Å²) in [7, 11) is -1.39. The SMILES string of the molecule is CNC(=O)N(c1ccc(S(=O)(=O)Nc2ccon2)cn1)c1cc(Cl)c(-c2cccc(C(F)(F)F)c2)cc1OC. The minimum atomic E-state index is -4.56. The summed E-state index contributed by atoms with van der Waals surface area (Å²) in [6, 6.07) is 10.5. The molecular formula is C24H19ClF3N5O5S. The lowest BCUT2D eigenvalue weighted by Gasteiger charge is -2.24. The molecule has 4 aromatic rings. The molecule has 2 heterocycles. The summed E-state index contributed by atoms with van der Waals surface area (Å²) in [6.45, 7) is 0.